The van der Waals surface area contributed by atoms with Gasteiger partial charge in [-0.2, -0.15) is 4.98 Å². The summed E-state index contributed by atoms with van der Waals surface area (Å²) >= 11 is 5.96. The Morgan fingerprint density at radius 1 is 1.33 bits per heavy atom. The molecule has 110 valence electrons. The van der Waals surface area contributed by atoms with Gasteiger partial charge in [-0.05, 0) is 18.2 Å². The molecule has 1 fully saturated rings. The highest BCUT2D eigenvalue weighted by Crippen LogP contribution is 2.24. The number of nitrogens with zero attached hydrogens (tertiary/aromatic N) is 3. The minimum Gasteiger partial charge on any atom is -0.488 e. The summed E-state index contributed by atoms with van der Waals surface area (Å²) in [6.45, 7) is 1.61. The molecule has 1 aromatic carbocycles. The van der Waals surface area contributed by atoms with Crippen molar-refractivity contribution < 1.29 is 9.47 Å². The first-order chi connectivity index (χ1) is 10.2. The second kappa shape index (κ2) is 6.18. The van der Waals surface area contributed by atoms with Crippen LogP contribution >= 0.6 is 11.6 Å². The summed E-state index contributed by atoms with van der Waals surface area (Å²) in [6.07, 6.45) is 2.73. The molecule has 2 heterocycles. The van der Waals surface area contributed by atoms with Crippen LogP contribution in [-0.4, -0.2) is 36.3 Å². The molecule has 21 heavy (non-hydrogen) atoms. The lowest BCUT2D eigenvalue weighted by molar-refractivity contribution is 0.225. The highest BCUT2D eigenvalue weighted by molar-refractivity contribution is 6.30. The van der Waals surface area contributed by atoms with Crippen molar-refractivity contribution in [3.8, 4) is 11.6 Å². The number of aromatic nitrogens is 2. The van der Waals surface area contributed by atoms with E-state index in [1.54, 1.807) is 19.4 Å². The first-order valence-corrected chi connectivity index (χ1v) is 7.16. The molecule has 0 N–H and O–H groups in total. The molecule has 0 radical (unpaired) electrons. The molecule has 1 unspecified atom stereocenters. The summed E-state index contributed by atoms with van der Waals surface area (Å²) < 4.78 is 11.1. The summed E-state index contributed by atoms with van der Waals surface area (Å²) in [5, 5.41) is 0.679. The van der Waals surface area contributed by atoms with E-state index in [1.165, 1.54) is 0 Å². The van der Waals surface area contributed by atoms with Crippen molar-refractivity contribution in [2.24, 2.45) is 0 Å². The van der Waals surface area contributed by atoms with Crippen molar-refractivity contribution in [3.63, 3.8) is 0 Å². The van der Waals surface area contributed by atoms with Crippen LogP contribution in [0, 0.1) is 0 Å². The molecular weight excluding hydrogens is 290 g/mol. The summed E-state index contributed by atoms with van der Waals surface area (Å²) in [4.78, 5) is 10.7. The molecule has 6 heteroatoms. The van der Waals surface area contributed by atoms with Gasteiger partial charge in [-0.3, -0.25) is 0 Å². The molecule has 1 saturated heterocycles. The summed E-state index contributed by atoms with van der Waals surface area (Å²) in [7, 11) is 1.60. The smallest absolute Gasteiger partial charge is 0.228 e. The number of benzene rings is 1. The third-order valence-electron chi connectivity index (χ3n) is 3.35. The zero-order valence-electron chi connectivity index (χ0n) is 11.7. The molecule has 5 nitrogen and oxygen atoms in total. The van der Waals surface area contributed by atoms with Crippen molar-refractivity contribution in [1.82, 2.24) is 9.97 Å². The van der Waals surface area contributed by atoms with Crippen molar-refractivity contribution in [2.75, 3.05) is 25.1 Å². The molecule has 3 rings (SSSR count). The monoisotopic (exact) mass is 305 g/mol. The minimum absolute atomic E-state index is 0.110. The number of hydrogen-bond donors (Lipinski definition) is 0. The second-order valence-corrected chi connectivity index (χ2v) is 5.27. The second-order valence-electron chi connectivity index (χ2n) is 4.83. The van der Waals surface area contributed by atoms with Crippen LogP contribution in [0.3, 0.4) is 0 Å². The topological polar surface area (TPSA) is 47.5 Å². The van der Waals surface area contributed by atoms with Crippen molar-refractivity contribution in [2.45, 2.75) is 12.5 Å². The number of ether oxygens (including phenoxy) is 2. The number of hydrogen-bond acceptors (Lipinski definition) is 5. The van der Waals surface area contributed by atoms with E-state index in [0.717, 1.165) is 25.3 Å². The highest BCUT2D eigenvalue weighted by atomic mass is 35.5. The number of rotatable bonds is 4. The van der Waals surface area contributed by atoms with Crippen LogP contribution in [0.25, 0.3) is 0 Å². The van der Waals surface area contributed by atoms with Gasteiger partial charge >= 0.3 is 0 Å². The van der Waals surface area contributed by atoms with Gasteiger partial charge in [0.05, 0.1) is 13.7 Å². The van der Waals surface area contributed by atoms with E-state index >= 15 is 0 Å². The fraction of sp³-hybridized carbons (Fsp3) is 0.333. The summed E-state index contributed by atoms with van der Waals surface area (Å²) in [6, 6.07) is 9.19. The normalized spacial score (nSPS) is 17.8. The Hall–Kier alpha value is -2.01. The molecule has 0 amide bonds. The first-order valence-electron chi connectivity index (χ1n) is 6.79. The minimum atomic E-state index is 0.110. The Morgan fingerprint density at radius 2 is 2.24 bits per heavy atom. The van der Waals surface area contributed by atoms with E-state index in [0.29, 0.717) is 16.9 Å². The number of anilines is 1. The maximum atomic E-state index is 5.96. The summed E-state index contributed by atoms with van der Waals surface area (Å²) in [5.41, 5.74) is 0. The molecule has 0 bridgehead atoms. The van der Waals surface area contributed by atoms with E-state index < -0.39 is 0 Å². The Morgan fingerprint density at radius 3 is 3.05 bits per heavy atom. The van der Waals surface area contributed by atoms with Crippen LogP contribution in [0.4, 0.5) is 5.95 Å². The van der Waals surface area contributed by atoms with Gasteiger partial charge in [0.2, 0.25) is 11.8 Å². The van der Waals surface area contributed by atoms with E-state index in [2.05, 4.69) is 14.9 Å². The average Bonchev–Trinajstić information content (AvgIpc) is 2.96. The highest BCUT2D eigenvalue weighted by Gasteiger charge is 2.26. The molecule has 1 aliphatic heterocycles. The fourth-order valence-electron chi connectivity index (χ4n) is 2.34. The van der Waals surface area contributed by atoms with Crippen LogP contribution in [0.15, 0.2) is 36.5 Å². The maximum Gasteiger partial charge on any atom is 0.228 e. The van der Waals surface area contributed by atoms with Gasteiger partial charge in [-0.25, -0.2) is 4.98 Å². The first kappa shape index (κ1) is 13.9. The van der Waals surface area contributed by atoms with Crippen molar-refractivity contribution >= 4 is 17.5 Å². The molecule has 2 aromatic rings. The van der Waals surface area contributed by atoms with Gasteiger partial charge in [0.1, 0.15) is 11.9 Å². The van der Waals surface area contributed by atoms with E-state index in [1.807, 2.05) is 24.3 Å². The van der Waals surface area contributed by atoms with Crippen LogP contribution in [0.5, 0.6) is 11.6 Å². The molecule has 1 aromatic heterocycles. The average molecular weight is 306 g/mol. The largest absolute Gasteiger partial charge is 0.488 e. The predicted molar refractivity (Wildman–Crippen MR) is 81.3 cm³/mol. The van der Waals surface area contributed by atoms with Gasteiger partial charge in [-0.15, -0.1) is 0 Å². The molecular formula is C15H16ClN3O2. The van der Waals surface area contributed by atoms with Crippen LogP contribution < -0.4 is 14.4 Å². The van der Waals surface area contributed by atoms with Crippen LogP contribution in [0.1, 0.15) is 6.42 Å². The number of methoxy groups -OCH3 is 1. The van der Waals surface area contributed by atoms with Gasteiger partial charge in [0.25, 0.3) is 0 Å². The van der Waals surface area contributed by atoms with Crippen molar-refractivity contribution in [3.05, 3.63) is 41.6 Å². The molecule has 1 atom stereocenters. The fourth-order valence-corrected chi connectivity index (χ4v) is 2.52. The predicted octanol–water partition coefficient (Wildman–Crippen LogP) is 2.80. The Bertz CT molecular complexity index is 623. The van der Waals surface area contributed by atoms with Crippen molar-refractivity contribution in [1.29, 1.82) is 0 Å². The number of halogens is 1. The van der Waals surface area contributed by atoms with Crippen LogP contribution in [-0.2, 0) is 0 Å². The third kappa shape index (κ3) is 3.36. The maximum absolute atomic E-state index is 5.96. The van der Waals surface area contributed by atoms with E-state index in [4.69, 9.17) is 21.1 Å². The van der Waals surface area contributed by atoms with Gasteiger partial charge < -0.3 is 14.4 Å². The molecule has 1 aliphatic rings. The lowest BCUT2D eigenvalue weighted by Crippen LogP contribution is -2.26. The van der Waals surface area contributed by atoms with E-state index in [9.17, 15) is 0 Å². The van der Waals surface area contributed by atoms with E-state index in [-0.39, 0.29) is 6.10 Å². The standard InChI is InChI=1S/C15H16ClN3O2/c1-20-14-5-7-17-15(18-14)19-8-6-13(10-19)21-12-4-2-3-11(16)9-12/h2-5,7,9,13H,6,8,10H2,1H3. The zero-order chi connectivity index (χ0) is 14.7. The molecule has 0 spiro atoms. The lowest BCUT2D eigenvalue weighted by atomic mass is 10.3. The Labute approximate surface area is 128 Å². The van der Waals surface area contributed by atoms with Crippen LogP contribution in [0.2, 0.25) is 5.02 Å². The summed E-state index contributed by atoms with van der Waals surface area (Å²) in [5.74, 6) is 2.03. The third-order valence-corrected chi connectivity index (χ3v) is 3.59. The van der Waals surface area contributed by atoms with Gasteiger partial charge in [-0.1, -0.05) is 17.7 Å². The quantitative estimate of drug-likeness (QED) is 0.869. The van der Waals surface area contributed by atoms with Gasteiger partial charge in [0, 0.05) is 30.3 Å². The Balaban J connectivity index is 1.65. The molecule has 0 aliphatic carbocycles. The van der Waals surface area contributed by atoms with Gasteiger partial charge in [0.15, 0.2) is 0 Å². The Kier molecular flexibility index (Phi) is 4.10. The molecule has 0 saturated carbocycles. The lowest BCUT2D eigenvalue weighted by Gasteiger charge is -2.17. The SMILES string of the molecule is COc1ccnc(N2CCC(Oc3cccc(Cl)c3)C2)n1. The zero-order valence-corrected chi connectivity index (χ0v) is 12.5.